The fraction of sp³-hybridized carbons (Fsp3) is 0.929. The number of carbonyl (C=O) groups excluding carboxylic acids is 1. The number of likely N-dealkylation sites (tertiary alicyclic amines) is 1. The lowest BCUT2D eigenvalue weighted by atomic mass is 10.0. The van der Waals surface area contributed by atoms with Crippen molar-refractivity contribution in [3.8, 4) is 0 Å². The molecule has 0 aromatic carbocycles. The molecule has 2 N–H and O–H groups in total. The zero-order valence-electron chi connectivity index (χ0n) is 12.7. The third-order valence-corrected chi connectivity index (χ3v) is 3.66. The standard InChI is InChI=1S/C14H29N3O2/c1-11(9-12(2)18)15-13-5-7-17(8-6-13)10-14(19)16(3)4/h11-13,15,18H,5-10H2,1-4H3. The molecule has 2 atom stereocenters. The van der Waals surface area contributed by atoms with E-state index in [1.54, 1.807) is 19.0 Å². The zero-order valence-corrected chi connectivity index (χ0v) is 12.7. The van der Waals surface area contributed by atoms with Crippen LogP contribution in [0.15, 0.2) is 0 Å². The maximum atomic E-state index is 11.6. The van der Waals surface area contributed by atoms with Crippen LogP contribution in [0.5, 0.6) is 0 Å². The van der Waals surface area contributed by atoms with Crippen molar-refractivity contribution in [3.63, 3.8) is 0 Å². The van der Waals surface area contributed by atoms with Crippen molar-refractivity contribution in [1.82, 2.24) is 15.1 Å². The summed E-state index contributed by atoms with van der Waals surface area (Å²) in [6.07, 6.45) is 2.69. The summed E-state index contributed by atoms with van der Waals surface area (Å²) in [7, 11) is 3.60. The Kier molecular flexibility index (Phi) is 6.75. The first-order chi connectivity index (χ1) is 8.88. The molecule has 1 fully saturated rings. The maximum absolute atomic E-state index is 11.6. The van der Waals surface area contributed by atoms with E-state index in [0.29, 0.717) is 18.6 Å². The average molecular weight is 271 g/mol. The number of aliphatic hydroxyl groups is 1. The van der Waals surface area contributed by atoms with E-state index in [-0.39, 0.29) is 12.0 Å². The first kappa shape index (κ1) is 16.4. The highest BCUT2D eigenvalue weighted by molar-refractivity contribution is 5.77. The van der Waals surface area contributed by atoms with E-state index in [4.69, 9.17) is 0 Å². The molecule has 0 saturated carbocycles. The van der Waals surface area contributed by atoms with Gasteiger partial charge in [0.2, 0.25) is 5.91 Å². The van der Waals surface area contributed by atoms with Crippen LogP contribution in [0.2, 0.25) is 0 Å². The molecule has 0 spiro atoms. The fourth-order valence-corrected chi connectivity index (χ4v) is 2.57. The molecule has 0 aromatic heterocycles. The van der Waals surface area contributed by atoms with Crippen molar-refractivity contribution >= 4 is 5.91 Å². The number of likely N-dealkylation sites (N-methyl/N-ethyl adjacent to an activating group) is 1. The number of nitrogens with one attached hydrogen (secondary N) is 1. The molecule has 1 rings (SSSR count). The third kappa shape index (κ3) is 6.36. The molecule has 112 valence electrons. The first-order valence-electron chi connectivity index (χ1n) is 7.25. The highest BCUT2D eigenvalue weighted by Gasteiger charge is 2.22. The van der Waals surface area contributed by atoms with Crippen LogP contribution < -0.4 is 5.32 Å². The predicted octanol–water partition coefficient (Wildman–Crippen LogP) is 0.288. The van der Waals surface area contributed by atoms with Gasteiger partial charge in [0.05, 0.1) is 12.6 Å². The summed E-state index contributed by atoms with van der Waals surface area (Å²) in [5.74, 6) is 0.175. The van der Waals surface area contributed by atoms with Crippen LogP contribution in [0.1, 0.15) is 33.1 Å². The normalized spacial score (nSPS) is 21.1. The van der Waals surface area contributed by atoms with Gasteiger partial charge in [-0.15, -0.1) is 0 Å². The van der Waals surface area contributed by atoms with Gasteiger partial charge >= 0.3 is 0 Å². The Balaban J connectivity index is 2.23. The molecule has 1 aliphatic heterocycles. The largest absolute Gasteiger partial charge is 0.393 e. The number of carbonyl (C=O) groups is 1. The van der Waals surface area contributed by atoms with Crippen LogP contribution in [0.3, 0.4) is 0 Å². The van der Waals surface area contributed by atoms with Gasteiger partial charge < -0.3 is 15.3 Å². The molecule has 1 heterocycles. The Morgan fingerprint density at radius 2 is 1.95 bits per heavy atom. The zero-order chi connectivity index (χ0) is 14.4. The molecule has 1 amide bonds. The molecule has 19 heavy (non-hydrogen) atoms. The lowest BCUT2D eigenvalue weighted by molar-refractivity contribution is -0.130. The van der Waals surface area contributed by atoms with Crippen molar-refractivity contribution in [2.24, 2.45) is 0 Å². The highest BCUT2D eigenvalue weighted by Crippen LogP contribution is 2.12. The molecule has 0 bridgehead atoms. The summed E-state index contributed by atoms with van der Waals surface area (Å²) >= 11 is 0. The van der Waals surface area contributed by atoms with Crippen LogP contribution in [0.4, 0.5) is 0 Å². The van der Waals surface area contributed by atoms with E-state index in [9.17, 15) is 9.90 Å². The molecule has 1 saturated heterocycles. The van der Waals surface area contributed by atoms with E-state index in [0.717, 1.165) is 32.4 Å². The highest BCUT2D eigenvalue weighted by atomic mass is 16.3. The van der Waals surface area contributed by atoms with Crippen molar-refractivity contribution in [2.75, 3.05) is 33.7 Å². The number of aliphatic hydroxyl groups excluding tert-OH is 1. The van der Waals surface area contributed by atoms with Gasteiger partial charge in [-0.3, -0.25) is 9.69 Å². The smallest absolute Gasteiger partial charge is 0.236 e. The van der Waals surface area contributed by atoms with Crippen LogP contribution in [0, 0.1) is 0 Å². The van der Waals surface area contributed by atoms with Crippen molar-refractivity contribution in [1.29, 1.82) is 0 Å². The molecule has 0 aliphatic carbocycles. The van der Waals surface area contributed by atoms with Crippen LogP contribution in [-0.2, 0) is 4.79 Å². The minimum Gasteiger partial charge on any atom is -0.393 e. The van der Waals surface area contributed by atoms with E-state index >= 15 is 0 Å². The molecule has 2 unspecified atom stereocenters. The molecule has 5 heteroatoms. The summed E-state index contributed by atoms with van der Waals surface area (Å²) in [4.78, 5) is 15.5. The Morgan fingerprint density at radius 1 is 1.37 bits per heavy atom. The topological polar surface area (TPSA) is 55.8 Å². The summed E-state index contributed by atoms with van der Waals surface area (Å²) in [5, 5.41) is 12.9. The monoisotopic (exact) mass is 271 g/mol. The SMILES string of the molecule is CC(O)CC(C)NC1CCN(CC(=O)N(C)C)CC1. The number of amides is 1. The fourth-order valence-electron chi connectivity index (χ4n) is 2.57. The number of rotatable bonds is 6. The minimum absolute atomic E-state index is 0.175. The Labute approximate surface area is 117 Å². The molecule has 1 aliphatic rings. The summed E-state index contributed by atoms with van der Waals surface area (Å²) < 4.78 is 0. The van der Waals surface area contributed by atoms with Crippen LogP contribution >= 0.6 is 0 Å². The third-order valence-electron chi connectivity index (χ3n) is 3.66. The van der Waals surface area contributed by atoms with E-state index in [1.807, 2.05) is 6.92 Å². The van der Waals surface area contributed by atoms with E-state index < -0.39 is 0 Å². The van der Waals surface area contributed by atoms with E-state index in [2.05, 4.69) is 17.1 Å². The predicted molar refractivity (Wildman–Crippen MR) is 77.1 cm³/mol. The molecule has 0 radical (unpaired) electrons. The minimum atomic E-state index is -0.250. The average Bonchev–Trinajstić information content (AvgIpc) is 2.30. The van der Waals surface area contributed by atoms with Crippen molar-refractivity contribution in [3.05, 3.63) is 0 Å². The summed E-state index contributed by atoms with van der Waals surface area (Å²) in [6.45, 7) is 6.42. The Hall–Kier alpha value is -0.650. The van der Waals surface area contributed by atoms with Crippen molar-refractivity contribution < 1.29 is 9.90 Å². The number of piperidine rings is 1. The van der Waals surface area contributed by atoms with Gasteiger partial charge in [-0.2, -0.15) is 0 Å². The molecular weight excluding hydrogens is 242 g/mol. The summed E-state index contributed by atoms with van der Waals surface area (Å²) in [5.41, 5.74) is 0. The van der Waals surface area contributed by atoms with Gasteiger partial charge in [-0.05, 0) is 33.1 Å². The Bertz CT molecular complexity index is 274. The van der Waals surface area contributed by atoms with Gasteiger partial charge in [0, 0.05) is 39.3 Å². The number of hydrogen-bond acceptors (Lipinski definition) is 4. The second-order valence-electron chi connectivity index (χ2n) is 5.99. The Morgan fingerprint density at radius 3 is 2.42 bits per heavy atom. The van der Waals surface area contributed by atoms with Gasteiger partial charge in [-0.1, -0.05) is 0 Å². The van der Waals surface area contributed by atoms with Crippen molar-refractivity contribution in [2.45, 2.75) is 51.3 Å². The van der Waals surface area contributed by atoms with Gasteiger partial charge in [-0.25, -0.2) is 0 Å². The first-order valence-corrected chi connectivity index (χ1v) is 7.25. The molecule has 0 aromatic rings. The number of hydrogen-bond donors (Lipinski definition) is 2. The second-order valence-corrected chi connectivity index (χ2v) is 5.99. The van der Waals surface area contributed by atoms with Crippen LogP contribution in [-0.4, -0.2) is 72.7 Å². The quantitative estimate of drug-likeness (QED) is 0.729. The molecule has 5 nitrogen and oxygen atoms in total. The van der Waals surface area contributed by atoms with E-state index in [1.165, 1.54) is 0 Å². The van der Waals surface area contributed by atoms with Gasteiger partial charge in [0.1, 0.15) is 0 Å². The summed E-state index contributed by atoms with van der Waals surface area (Å²) in [6, 6.07) is 0.861. The second kappa shape index (κ2) is 7.82. The van der Waals surface area contributed by atoms with Crippen LogP contribution in [0.25, 0.3) is 0 Å². The molecular formula is C14H29N3O2. The number of nitrogens with zero attached hydrogens (tertiary/aromatic N) is 2. The lowest BCUT2D eigenvalue weighted by Crippen LogP contribution is -2.48. The lowest BCUT2D eigenvalue weighted by Gasteiger charge is -2.34. The van der Waals surface area contributed by atoms with Gasteiger partial charge in [0.25, 0.3) is 0 Å². The maximum Gasteiger partial charge on any atom is 0.236 e. The van der Waals surface area contributed by atoms with Gasteiger partial charge in [0.15, 0.2) is 0 Å².